The number of rotatable bonds is 11. The lowest BCUT2D eigenvalue weighted by Crippen LogP contribution is -2.23. The summed E-state index contributed by atoms with van der Waals surface area (Å²) in [7, 11) is 2.66. The summed E-state index contributed by atoms with van der Waals surface area (Å²) in [5, 5.41) is 0. The van der Waals surface area contributed by atoms with Crippen molar-refractivity contribution in [2.75, 3.05) is 0 Å². The molecule has 0 radical (unpaired) electrons. The predicted octanol–water partition coefficient (Wildman–Crippen LogP) is 7.15. The molecular formula is C30H36N2O6S2. The highest BCUT2D eigenvalue weighted by atomic mass is 33.1. The van der Waals surface area contributed by atoms with E-state index in [1.54, 1.807) is 77.9 Å². The van der Waals surface area contributed by atoms with Crippen molar-refractivity contribution in [3.05, 3.63) is 59.7 Å². The van der Waals surface area contributed by atoms with Crippen molar-refractivity contribution in [1.82, 2.24) is 0 Å². The Bertz CT molecular complexity index is 1160. The molecule has 2 aromatic carbocycles. The minimum Gasteiger partial charge on any atom is -0.460 e. The minimum atomic E-state index is -0.560. The van der Waals surface area contributed by atoms with Gasteiger partial charge < -0.3 is 9.47 Å². The fourth-order valence-electron chi connectivity index (χ4n) is 3.11. The number of ether oxygens (including phenoxy) is 2. The molecule has 0 atom stereocenters. The lowest BCUT2D eigenvalue weighted by Gasteiger charge is -2.19. The van der Waals surface area contributed by atoms with Crippen LogP contribution in [0.2, 0.25) is 0 Å². The molecule has 0 aliphatic carbocycles. The van der Waals surface area contributed by atoms with E-state index in [-0.39, 0.29) is 24.8 Å². The second-order valence-corrected chi connectivity index (χ2v) is 12.9. The van der Waals surface area contributed by atoms with Crippen LogP contribution in [0.4, 0.5) is 0 Å². The average molecular weight is 585 g/mol. The van der Waals surface area contributed by atoms with E-state index in [1.807, 2.05) is 12.1 Å². The molecule has 0 fully saturated rings. The first-order valence-corrected chi connectivity index (χ1v) is 15.0. The highest BCUT2D eigenvalue weighted by Crippen LogP contribution is 2.40. The van der Waals surface area contributed by atoms with Crippen LogP contribution in [0.15, 0.2) is 68.3 Å². The first kappa shape index (κ1) is 33.0. The van der Waals surface area contributed by atoms with Gasteiger partial charge in [0.2, 0.25) is 0 Å². The Morgan fingerprint density at radius 2 is 1.00 bits per heavy atom. The summed E-state index contributed by atoms with van der Waals surface area (Å²) < 4.78 is 10.5. The largest absolute Gasteiger partial charge is 0.460 e. The molecule has 40 heavy (non-hydrogen) atoms. The highest BCUT2D eigenvalue weighted by molar-refractivity contribution is 8.76. The van der Waals surface area contributed by atoms with Gasteiger partial charge in [0, 0.05) is 22.2 Å². The maximum absolute atomic E-state index is 12.8. The molecule has 214 valence electrons. The number of hydrogen-bond donors (Lipinski definition) is 0. The van der Waals surface area contributed by atoms with Gasteiger partial charge in [-0.2, -0.15) is 0 Å². The summed E-state index contributed by atoms with van der Waals surface area (Å²) in [6.07, 6.45) is 3.70. The lowest BCUT2D eigenvalue weighted by atomic mass is 10.2. The van der Waals surface area contributed by atoms with E-state index in [4.69, 9.17) is 9.47 Å². The zero-order valence-corrected chi connectivity index (χ0v) is 25.4. The van der Waals surface area contributed by atoms with Gasteiger partial charge in [-0.1, -0.05) is 45.9 Å². The molecule has 0 unspecified atom stereocenters. The van der Waals surface area contributed by atoms with Crippen molar-refractivity contribution >= 4 is 57.8 Å². The second-order valence-electron chi connectivity index (χ2n) is 10.6. The van der Waals surface area contributed by atoms with E-state index in [1.165, 1.54) is 34.0 Å². The zero-order chi connectivity index (χ0) is 29.8. The van der Waals surface area contributed by atoms with E-state index >= 15 is 0 Å². The van der Waals surface area contributed by atoms with Crippen LogP contribution in [-0.2, 0) is 19.1 Å². The molecule has 0 heterocycles. The van der Waals surface area contributed by atoms with Crippen LogP contribution in [0.25, 0.3) is 0 Å². The van der Waals surface area contributed by atoms with Crippen LogP contribution in [0, 0.1) is 0 Å². The van der Waals surface area contributed by atoms with Crippen LogP contribution < -0.4 is 0 Å². The van der Waals surface area contributed by atoms with Gasteiger partial charge in [-0.05, 0) is 78.6 Å². The van der Waals surface area contributed by atoms with E-state index in [0.717, 1.165) is 0 Å². The monoisotopic (exact) mass is 584 g/mol. The van der Waals surface area contributed by atoms with Gasteiger partial charge in [0.15, 0.2) is 0 Å². The average Bonchev–Trinajstić information content (AvgIpc) is 2.86. The van der Waals surface area contributed by atoms with Gasteiger partial charge in [-0.3, -0.25) is 19.2 Å². The molecular weight excluding hydrogens is 548 g/mol. The quantitative estimate of drug-likeness (QED) is 0.155. The molecule has 10 heteroatoms. The van der Waals surface area contributed by atoms with E-state index in [9.17, 15) is 19.2 Å². The maximum Gasteiger partial charge on any atom is 0.306 e. The van der Waals surface area contributed by atoms with E-state index in [0.29, 0.717) is 33.8 Å². The molecule has 0 N–H and O–H groups in total. The van der Waals surface area contributed by atoms with Crippen LogP contribution in [-0.4, -0.2) is 47.4 Å². The van der Waals surface area contributed by atoms with Gasteiger partial charge in [0.1, 0.15) is 11.2 Å². The zero-order valence-electron chi connectivity index (χ0n) is 23.8. The summed E-state index contributed by atoms with van der Waals surface area (Å²) in [5.74, 6) is -1.54. The molecule has 8 nitrogen and oxygen atoms in total. The fourth-order valence-corrected chi connectivity index (χ4v) is 5.45. The van der Waals surface area contributed by atoms with Gasteiger partial charge >= 0.3 is 11.9 Å². The van der Waals surface area contributed by atoms with Crippen molar-refractivity contribution in [2.45, 2.75) is 88.2 Å². The number of carbonyl (C=O) groups excluding carboxylic acids is 4. The first-order valence-electron chi connectivity index (χ1n) is 12.8. The van der Waals surface area contributed by atoms with Crippen LogP contribution in [0.3, 0.4) is 0 Å². The third kappa shape index (κ3) is 12.7. The number of esters is 2. The molecule has 0 aromatic heterocycles. The number of carbonyl (C=O) groups is 4. The molecule has 2 aromatic rings. The first-order chi connectivity index (χ1) is 18.7. The lowest BCUT2D eigenvalue weighted by molar-refractivity contribution is -0.155. The molecule has 2 amide bonds. The van der Waals surface area contributed by atoms with Crippen LogP contribution >= 0.6 is 21.6 Å². The molecule has 0 bridgehead atoms. The molecule has 0 spiro atoms. The molecule has 0 saturated heterocycles. The Kier molecular flexibility index (Phi) is 12.8. The Balaban J connectivity index is 1.99. The molecule has 2 rings (SSSR count). The normalized spacial score (nSPS) is 12.1. The fraction of sp³-hybridized carbons (Fsp3) is 0.400. The Labute approximate surface area is 243 Å². The van der Waals surface area contributed by atoms with Crippen molar-refractivity contribution in [3.63, 3.8) is 0 Å². The topological polar surface area (TPSA) is 111 Å². The molecule has 0 aliphatic rings. The summed E-state index contributed by atoms with van der Waals surface area (Å²) >= 11 is 0. The Morgan fingerprint density at radius 3 is 1.35 bits per heavy atom. The second kappa shape index (κ2) is 15.5. The smallest absolute Gasteiger partial charge is 0.306 e. The van der Waals surface area contributed by atoms with E-state index in [2.05, 4.69) is 9.98 Å². The van der Waals surface area contributed by atoms with E-state index < -0.39 is 23.0 Å². The third-order valence-electron chi connectivity index (χ3n) is 4.67. The molecule has 0 aliphatic heterocycles. The number of aliphatic imine (C=N–C) groups is 2. The van der Waals surface area contributed by atoms with Crippen molar-refractivity contribution in [1.29, 1.82) is 0 Å². The van der Waals surface area contributed by atoms with Gasteiger partial charge in [-0.25, -0.2) is 9.98 Å². The predicted molar refractivity (Wildman–Crippen MR) is 160 cm³/mol. The maximum atomic E-state index is 12.8. The van der Waals surface area contributed by atoms with Gasteiger partial charge in [0.25, 0.3) is 11.8 Å². The number of nitrogens with zero attached hydrogens (tertiary/aromatic N) is 2. The van der Waals surface area contributed by atoms with Crippen LogP contribution in [0.1, 0.15) is 87.9 Å². The SMILES string of the molecule is CC(C)(C)OC(=O)CCC=NC(=O)c1ccccc1SSc1ccccc1C(=O)N=CCCC(=O)OC(C)(C)C. The standard InChI is InChI=1S/C30H36N2O6S2/c1-29(2,3)37-25(33)17-11-19-31-27(35)21-13-7-9-15-23(21)39-40-24-16-10-8-14-22(24)28(36)32-20-12-18-26(34)38-30(4,5)6/h7-10,13-16,19-20H,11-12,17-18H2,1-6H3. The van der Waals surface area contributed by atoms with Crippen molar-refractivity contribution in [2.24, 2.45) is 9.98 Å². The molecule has 0 saturated carbocycles. The van der Waals surface area contributed by atoms with Gasteiger partial charge in [-0.15, -0.1) is 0 Å². The minimum absolute atomic E-state index is 0.134. The highest BCUT2D eigenvalue weighted by Gasteiger charge is 2.17. The van der Waals surface area contributed by atoms with Gasteiger partial charge in [0.05, 0.1) is 24.0 Å². The Hall–Kier alpha value is -3.24. The number of amides is 2. The number of benzene rings is 2. The summed E-state index contributed by atoms with van der Waals surface area (Å²) in [4.78, 5) is 58.6. The third-order valence-corrected chi connectivity index (χ3v) is 7.15. The van der Waals surface area contributed by atoms with Crippen LogP contribution in [0.5, 0.6) is 0 Å². The van der Waals surface area contributed by atoms with Crippen molar-refractivity contribution < 1.29 is 28.7 Å². The summed E-state index contributed by atoms with van der Waals surface area (Å²) in [6.45, 7) is 10.8. The number of hydrogen-bond acceptors (Lipinski definition) is 8. The van der Waals surface area contributed by atoms with Crippen molar-refractivity contribution in [3.8, 4) is 0 Å². The summed E-state index contributed by atoms with van der Waals surface area (Å²) in [6, 6.07) is 14.1. The Morgan fingerprint density at radius 1 is 0.650 bits per heavy atom. The summed E-state index contributed by atoms with van der Waals surface area (Å²) in [5.41, 5.74) is -0.292.